The molecule has 14 aromatic carbocycles. The van der Waals surface area contributed by atoms with E-state index in [0.29, 0.717) is 88.6 Å². The van der Waals surface area contributed by atoms with Gasteiger partial charge in [0.15, 0.2) is 34.1 Å². The molecule has 0 unspecified atom stereocenters. The highest BCUT2D eigenvalue weighted by Crippen LogP contribution is 2.38. The Bertz CT molecular complexity index is 8050. The summed E-state index contributed by atoms with van der Waals surface area (Å²) < 4.78 is 240. The topological polar surface area (TPSA) is 247 Å². The Morgan fingerprint density at radius 1 is 0.268 bits per heavy atom. The molecular formula is C109H78F18N16O5S. The van der Waals surface area contributed by atoms with E-state index in [1.807, 2.05) is 74.5 Å². The van der Waals surface area contributed by atoms with Crippen molar-refractivity contribution >= 4 is 124 Å². The lowest BCUT2D eigenvalue weighted by molar-refractivity contribution is -0.138. The number of benzene rings is 14. The summed E-state index contributed by atoms with van der Waals surface area (Å²) in [6.45, 7) is 4.86. The van der Waals surface area contributed by atoms with Gasteiger partial charge in [-0.1, -0.05) is 158 Å². The zero-order chi connectivity index (χ0) is 106. The lowest BCUT2D eigenvalue weighted by Crippen LogP contribution is -2.14. The van der Waals surface area contributed by atoms with Gasteiger partial charge in [-0.3, -0.25) is 47.4 Å². The van der Waals surface area contributed by atoms with Gasteiger partial charge in [-0.05, 0) is 229 Å². The van der Waals surface area contributed by atoms with Crippen molar-refractivity contribution in [1.82, 2.24) is 53.9 Å². The van der Waals surface area contributed by atoms with Crippen LogP contribution in [-0.4, -0.2) is 83.4 Å². The van der Waals surface area contributed by atoms with E-state index in [1.165, 1.54) is 133 Å². The number of anilines is 5. The molecule has 0 saturated heterocycles. The Kier molecular flexibility index (Phi) is 31.0. The summed E-state index contributed by atoms with van der Waals surface area (Å²) in [6.07, 6.45) is -21.9. The van der Waals surface area contributed by atoms with Crippen LogP contribution in [0.4, 0.5) is 108 Å². The first-order valence-corrected chi connectivity index (χ1v) is 45.9. The minimum atomic E-state index is -4.40. The van der Waals surface area contributed by atoms with Crippen molar-refractivity contribution in [3.63, 3.8) is 0 Å². The van der Waals surface area contributed by atoms with Gasteiger partial charge >= 0.3 is 30.9 Å². The van der Waals surface area contributed by atoms with Crippen LogP contribution in [-0.2, 0) is 63.6 Å². The van der Waals surface area contributed by atoms with Gasteiger partial charge in [0.1, 0.15) is 17.5 Å². The van der Waals surface area contributed by atoms with Crippen LogP contribution in [0.15, 0.2) is 345 Å². The van der Waals surface area contributed by atoms with Crippen molar-refractivity contribution in [2.24, 2.45) is 0 Å². The average molecular weight is 2070 g/mol. The lowest BCUT2D eigenvalue weighted by Gasteiger charge is -2.08. The van der Waals surface area contributed by atoms with Crippen molar-refractivity contribution in [1.29, 1.82) is 0 Å². The number of rotatable bonds is 20. The maximum Gasteiger partial charge on any atom is 0.416 e. The molecule has 0 atom stereocenters. The van der Waals surface area contributed by atoms with Gasteiger partial charge in [0.25, 0.3) is 29.5 Å². The molecule has 21 nitrogen and oxygen atoms in total. The molecule has 0 spiro atoms. The number of carbonyl (C=O) groups is 5. The summed E-state index contributed by atoms with van der Waals surface area (Å²) in [4.78, 5) is 66.8. The SMILES string of the molecule is Cc1ccccc1C(=O)Nc1nn(Cc2ccc(C(F)(F)F)cc2)c2ccccc12.Cc1csc(C(=O)Nc2nn(Cc3ccc(C(F)(F)F)cc3)c3ccccc23)n1.O=C(Nc1nn(Cc2ccc(C(F)(F)F)cc2)c2ccccc12)c1ccc(F)cc1.O=C(Nc1nn(Cc2ccc(C(F)(F)F)cc2)c2ccccc12)c1cccc(F)c1.O=C(Nc1nn(Cc2ccc(C(F)(F)F)cc2)c2ccccc12)c1ccccc1F. The number of alkyl halides is 15. The van der Waals surface area contributed by atoms with E-state index in [9.17, 15) is 103 Å². The van der Waals surface area contributed by atoms with E-state index in [2.05, 4.69) is 57.1 Å². The van der Waals surface area contributed by atoms with Gasteiger partial charge in [-0.2, -0.15) is 91.3 Å². The number of hydrogen-bond acceptors (Lipinski definition) is 12. The zero-order valence-electron chi connectivity index (χ0n) is 77.6. The molecule has 5 N–H and O–H groups in total. The second-order valence-corrected chi connectivity index (χ2v) is 34.3. The Hall–Kier alpha value is -17.9. The number of nitrogens with one attached hydrogen (secondary N) is 5. The smallest absolute Gasteiger partial charge is 0.305 e. The van der Waals surface area contributed by atoms with Crippen LogP contribution in [0.25, 0.3) is 54.5 Å². The summed E-state index contributed by atoms with van der Waals surface area (Å²) in [7, 11) is 0. The van der Waals surface area contributed by atoms with E-state index in [4.69, 9.17) is 0 Å². The normalized spacial score (nSPS) is 11.6. The van der Waals surface area contributed by atoms with Crippen LogP contribution < -0.4 is 26.6 Å². The van der Waals surface area contributed by atoms with Gasteiger partial charge in [-0.25, -0.2) is 18.2 Å². The molecule has 40 heteroatoms. The minimum absolute atomic E-state index is 0.112. The number of amides is 5. The number of aromatic nitrogens is 11. The van der Waals surface area contributed by atoms with Gasteiger partial charge in [-0.15, -0.1) is 11.3 Å². The molecule has 149 heavy (non-hydrogen) atoms. The third kappa shape index (κ3) is 25.7. The van der Waals surface area contributed by atoms with Crippen LogP contribution in [0.2, 0.25) is 0 Å². The summed E-state index contributed by atoms with van der Waals surface area (Å²) in [5, 5.41) is 41.4. The van der Waals surface area contributed by atoms with Crippen LogP contribution in [0, 0.1) is 31.3 Å². The second-order valence-electron chi connectivity index (χ2n) is 33.5. The molecule has 20 aromatic rings. The molecule has 0 aliphatic rings. The number of hydrogen-bond donors (Lipinski definition) is 5. The molecule has 0 fully saturated rings. The number of fused-ring (bicyclic) bond motifs is 5. The number of para-hydroxylation sites is 5. The predicted octanol–water partition coefficient (Wildman–Crippen LogP) is 27.3. The minimum Gasteiger partial charge on any atom is -0.305 e. The third-order valence-electron chi connectivity index (χ3n) is 23.0. The Labute approximate surface area is 837 Å². The van der Waals surface area contributed by atoms with Gasteiger partial charge < -0.3 is 26.6 Å². The van der Waals surface area contributed by atoms with E-state index < -0.39 is 93.9 Å². The zero-order valence-corrected chi connectivity index (χ0v) is 78.4. The van der Waals surface area contributed by atoms with E-state index >= 15 is 0 Å². The van der Waals surface area contributed by atoms with Crippen molar-refractivity contribution in [3.8, 4) is 0 Å². The number of nitrogens with zero attached hydrogens (tertiary/aromatic N) is 11. The number of halogens is 18. The quantitative estimate of drug-likeness (QED) is 0.0449. The summed E-state index contributed by atoms with van der Waals surface area (Å²) >= 11 is 1.25. The second kappa shape index (κ2) is 44.4. The third-order valence-corrected chi connectivity index (χ3v) is 24.0. The fourth-order valence-corrected chi connectivity index (χ4v) is 16.3. The maximum absolute atomic E-state index is 13.9. The molecule has 0 saturated carbocycles. The van der Waals surface area contributed by atoms with E-state index in [-0.39, 0.29) is 72.9 Å². The largest absolute Gasteiger partial charge is 0.416 e. The standard InChI is InChI=1S/C23H18F3N3O.3C22H15F4N3O.C20H15F3N4OS/c1-15-6-2-3-7-18(15)22(30)27-21-19-8-4-5-9-20(19)29(28-21)14-16-10-12-17(13-11-16)23(24,25)26;23-18-7-3-1-5-16(18)21(30)27-20-17-6-2-4-8-19(17)29(28-20)13-14-9-11-15(12-10-14)22(24,25)26;23-17-5-3-4-15(12-17)21(30)27-20-18-6-1-2-7-19(18)29(28-20)13-14-8-10-16(11-9-14)22(24,25)26;23-17-11-7-15(8-12-17)21(30)27-20-18-3-1-2-4-19(18)29(28-20)13-14-5-9-16(10-6-14)22(24,25)26;1-12-11-29-19(24-12)18(28)25-17-15-4-2-3-5-16(15)27(26-17)10-13-6-8-14(9-7-13)20(21,22)23/h2-13H,14H2,1H3,(H,27,28,30);3*1-12H,13H2,(H,27,28,30);2-9,11H,10H2,1H3,(H,25,26,28). The molecule has 0 aliphatic heterocycles. The monoisotopic (exact) mass is 2060 g/mol. The molecule has 0 radical (unpaired) electrons. The van der Waals surface area contributed by atoms with Crippen molar-refractivity contribution in [2.75, 3.05) is 26.6 Å². The predicted molar refractivity (Wildman–Crippen MR) is 528 cm³/mol. The number of thiazole rings is 1. The highest BCUT2D eigenvalue weighted by Gasteiger charge is 2.35. The van der Waals surface area contributed by atoms with Crippen LogP contribution >= 0.6 is 11.3 Å². The summed E-state index contributed by atoms with van der Waals surface area (Å²) in [5.41, 5.74) is 5.77. The van der Waals surface area contributed by atoms with Crippen LogP contribution in [0.5, 0.6) is 0 Å². The van der Waals surface area contributed by atoms with Crippen molar-refractivity contribution < 1.29 is 103 Å². The van der Waals surface area contributed by atoms with Gasteiger partial charge in [0, 0.05) is 54.7 Å². The van der Waals surface area contributed by atoms with Crippen LogP contribution in [0.3, 0.4) is 0 Å². The highest BCUT2D eigenvalue weighted by molar-refractivity contribution is 7.11. The van der Waals surface area contributed by atoms with E-state index in [1.54, 1.807) is 120 Å². The number of aryl methyl sites for hydroxylation is 2. The summed E-state index contributed by atoms with van der Waals surface area (Å²) in [5.74, 6) is -2.22. The first-order valence-electron chi connectivity index (χ1n) is 45.0. The summed E-state index contributed by atoms with van der Waals surface area (Å²) in [6, 6.07) is 83.8. The molecule has 6 aromatic heterocycles. The molecule has 5 amide bonds. The highest BCUT2D eigenvalue weighted by atomic mass is 32.1. The molecular weight excluding hydrogens is 1990 g/mol. The Balaban J connectivity index is 0.000000133. The lowest BCUT2D eigenvalue weighted by atomic mass is 10.1. The maximum atomic E-state index is 13.9. The fourth-order valence-electron chi connectivity index (χ4n) is 15.6. The molecule has 756 valence electrons. The first kappa shape index (κ1) is 104. The first-order chi connectivity index (χ1) is 71.1. The Morgan fingerprint density at radius 3 is 0.826 bits per heavy atom. The van der Waals surface area contributed by atoms with Crippen molar-refractivity contribution in [3.05, 3.63) is 457 Å². The average Bonchev–Trinajstić information content (AvgIpc) is 1.66. The molecule has 0 aliphatic carbocycles. The number of carbonyl (C=O) groups excluding carboxylic acids is 5. The van der Waals surface area contributed by atoms with Gasteiger partial charge in [0.2, 0.25) is 0 Å². The van der Waals surface area contributed by atoms with Crippen LogP contribution in [0.1, 0.15) is 118 Å². The van der Waals surface area contributed by atoms with Crippen molar-refractivity contribution in [2.45, 2.75) is 77.5 Å². The van der Waals surface area contributed by atoms with Gasteiger partial charge in [0.05, 0.1) is 93.7 Å². The molecule has 0 bridgehead atoms. The molecule has 6 heterocycles. The fraction of sp³-hybridized carbons (Fsp3) is 0.110. The molecule has 20 rings (SSSR count). The van der Waals surface area contributed by atoms with E-state index in [0.717, 1.165) is 99.8 Å². The Morgan fingerprint density at radius 2 is 0.537 bits per heavy atom.